The molecule has 22 heavy (non-hydrogen) atoms. The lowest BCUT2D eigenvalue weighted by Crippen LogP contribution is -2.41. The number of aryl methyl sites for hydroxylation is 1. The molecule has 1 spiro atoms. The maximum absolute atomic E-state index is 2.75. The Morgan fingerprint density at radius 3 is 2.59 bits per heavy atom. The van der Waals surface area contributed by atoms with Gasteiger partial charge in [-0.3, -0.25) is 0 Å². The Bertz CT molecular complexity index is 492. The molecule has 1 aliphatic heterocycles. The van der Waals surface area contributed by atoms with E-state index in [1.54, 1.807) is 11.1 Å². The molecular formula is C21H31N. The molecule has 3 aliphatic rings. The van der Waals surface area contributed by atoms with Gasteiger partial charge >= 0.3 is 0 Å². The van der Waals surface area contributed by atoms with Crippen LogP contribution < -0.4 is 0 Å². The molecule has 120 valence electrons. The monoisotopic (exact) mass is 297 g/mol. The minimum Gasteiger partial charge on any atom is -0.303 e. The topological polar surface area (TPSA) is 3.24 Å². The third-order valence-electron chi connectivity index (χ3n) is 6.84. The van der Waals surface area contributed by atoms with Crippen LogP contribution in [0.1, 0.15) is 68.9 Å². The van der Waals surface area contributed by atoms with Crippen LogP contribution in [0, 0.1) is 5.92 Å². The van der Waals surface area contributed by atoms with Crippen molar-refractivity contribution < 1.29 is 0 Å². The van der Waals surface area contributed by atoms with E-state index in [9.17, 15) is 0 Å². The van der Waals surface area contributed by atoms with E-state index >= 15 is 0 Å². The highest BCUT2D eigenvalue weighted by Crippen LogP contribution is 2.46. The maximum atomic E-state index is 2.75. The fraction of sp³-hybridized carbons (Fsp3) is 0.714. The van der Waals surface area contributed by atoms with Gasteiger partial charge in [0, 0.05) is 0 Å². The van der Waals surface area contributed by atoms with Gasteiger partial charge < -0.3 is 4.90 Å². The molecule has 0 bridgehead atoms. The van der Waals surface area contributed by atoms with E-state index in [4.69, 9.17) is 0 Å². The predicted molar refractivity (Wildman–Crippen MR) is 93.3 cm³/mol. The average Bonchev–Trinajstić information content (AvgIpc) is 3.19. The van der Waals surface area contributed by atoms with Crippen molar-refractivity contribution in [1.82, 2.24) is 4.90 Å². The van der Waals surface area contributed by atoms with E-state index in [0.717, 1.165) is 5.92 Å². The van der Waals surface area contributed by atoms with Gasteiger partial charge in [0.25, 0.3) is 0 Å². The Morgan fingerprint density at radius 1 is 1.00 bits per heavy atom. The summed E-state index contributed by atoms with van der Waals surface area (Å²) in [4.78, 5) is 2.75. The lowest BCUT2D eigenvalue weighted by Gasteiger charge is -2.40. The largest absolute Gasteiger partial charge is 0.303 e. The van der Waals surface area contributed by atoms with Gasteiger partial charge in [-0.1, -0.05) is 49.9 Å². The van der Waals surface area contributed by atoms with Crippen LogP contribution in [-0.4, -0.2) is 24.5 Å². The molecule has 1 heteroatoms. The summed E-state index contributed by atoms with van der Waals surface area (Å²) in [6.07, 6.45) is 14.5. The van der Waals surface area contributed by atoms with Crippen LogP contribution in [0.5, 0.6) is 0 Å². The van der Waals surface area contributed by atoms with Crippen LogP contribution in [-0.2, 0) is 11.8 Å². The smallest absolute Gasteiger partial charge is 0.00102 e. The molecule has 1 aromatic carbocycles. The summed E-state index contributed by atoms with van der Waals surface area (Å²) < 4.78 is 0. The van der Waals surface area contributed by atoms with Gasteiger partial charge in [0.2, 0.25) is 0 Å². The molecule has 0 aromatic heterocycles. The summed E-state index contributed by atoms with van der Waals surface area (Å²) in [6.45, 7) is 4.02. The minimum atomic E-state index is 0.540. The average molecular weight is 297 g/mol. The fourth-order valence-electron chi connectivity index (χ4n) is 5.39. The second kappa shape index (κ2) is 6.35. The van der Waals surface area contributed by atoms with Crippen molar-refractivity contribution in [3.8, 4) is 0 Å². The van der Waals surface area contributed by atoms with Gasteiger partial charge in [0.15, 0.2) is 0 Å². The molecule has 0 atom stereocenters. The van der Waals surface area contributed by atoms with E-state index in [0.29, 0.717) is 5.41 Å². The van der Waals surface area contributed by atoms with Crippen molar-refractivity contribution in [3.63, 3.8) is 0 Å². The van der Waals surface area contributed by atoms with E-state index in [-0.39, 0.29) is 0 Å². The standard InChI is InChI=1S/C21H31N/c1-2-7-18(6-1)8-5-15-22-16-13-21(14-17-22)12-11-19-9-3-4-10-20(19)21/h3-4,9-10,18H,1-2,5-8,11-17H2. The number of piperidine rings is 1. The molecular weight excluding hydrogens is 266 g/mol. The Kier molecular flexibility index (Phi) is 4.26. The van der Waals surface area contributed by atoms with Crippen molar-refractivity contribution >= 4 is 0 Å². The highest BCUT2D eigenvalue weighted by atomic mass is 15.1. The van der Waals surface area contributed by atoms with Crippen molar-refractivity contribution in [2.24, 2.45) is 5.92 Å². The summed E-state index contributed by atoms with van der Waals surface area (Å²) in [5.41, 5.74) is 3.87. The molecule has 1 saturated carbocycles. The summed E-state index contributed by atoms with van der Waals surface area (Å²) in [7, 11) is 0. The van der Waals surface area contributed by atoms with Crippen LogP contribution >= 0.6 is 0 Å². The number of likely N-dealkylation sites (tertiary alicyclic amines) is 1. The SMILES string of the molecule is c1ccc2c(c1)CCC21CCN(CCCC2CCCC2)CC1. The van der Waals surface area contributed by atoms with E-state index in [1.807, 2.05) is 0 Å². The zero-order chi connectivity index (χ0) is 14.8. The van der Waals surface area contributed by atoms with Gasteiger partial charge in [-0.25, -0.2) is 0 Å². The molecule has 0 radical (unpaired) electrons. The normalized spacial score (nSPS) is 24.9. The summed E-state index contributed by atoms with van der Waals surface area (Å²) >= 11 is 0. The van der Waals surface area contributed by atoms with Crippen molar-refractivity contribution in [3.05, 3.63) is 35.4 Å². The highest BCUT2D eigenvalue weighted by molar-refractivity contribution is 5.39. The van der Waals surface area contributed by atoms with Crippen molar-refractivity contribution in [2.75, 3.05) is 19.6 Å². The first kappa shape index (κ1) is 14.8. The van der Waals surface area contributed by atoms with Crippen LogP contribution in [0.3, 0.4) is 0 Å². The molecule has 1 aromatic rings. The third kappa shape index (κ3) is 2.85. The highest BCUT2D eigenvalue weighted by Gasteiger charge is 2.40. The lowest BCUT2D eigenvalue weighted by molar-refractivity contribution is 0.154. The van der Waals surface area contributed by atoms with E-state index in [2.05, 4.69) is 29.2 Å². The van der Waals surface area contributed by atoms with Crippen molar-refractivity contribution in [1.29, 1.82) is 0 Å². The zero-order valence-electron chi connectivity index (χ0n) is 14.0. The minimum absolute atomic E-state index is 0.540. The first-order valence-electron chi connectivity index (χ1n) is 9.66. The number of hydrogen-bond acceptors (Lipinski definition) is 1. The summed E-state index contributed by atoms with van der Waals surface area (Å²) in [6, 6.07) is 9.24. The Balaban J connectivity index is 1.28. The number of benzene rings is 1. The predicted octanol–water partition coefficient (Wildman–Crippen LogP) is 4.94. The Hall–Kier alpha value is -0.820. The fourth-order valence-corrected chi connectivity index (χ4v) is 5.39. The van der Waals surface area contributed by atoms with Crippen LogP contribution in [0.25, 0.3) is 0 Å². The Labute approximate surface area is 136 Å². The maximum Gasteiger partial charge on any atom is -0.00102 e. The van der Waals surface area contributed by atoms with E-state index in [1.165, 1.54) is 83.8 Å². The zero-order valence-corrected chi connectivity index (χ0v) is 14.0. The molecule has 2 fully saturated rings. The quantitative estimate of drug-likeness (QED) is 0.761. The van der Waals surface area contributed by atoms with Crippen LogP contribution in [0.4, 0.5) is 0 Å². The number of hydrogen-bond donors (Lipinski definition) is 0. The molecule has 4 rings (SSSR count). The van der Waals surface area contributed by atoms with Gasteiger partial charge in [-0.2, -0.15) is 0 Å². The first-order valence-corrected chi connectivity index (χ1v) is 9.66. The van der Waals surface area contributed by atoms with Crippen molar-refractivity contribution in [2.45, 2.75) is 69.6 Å². The lowest BCUT2D eigenvalue weighted by atomic mass is 9.74. The van der Waals surface area contributed by atoms with E-state index < -0.39 is 0 Å². The van der Waals surface area contributed by atoms with Gasteiger partial charge in [-0.15, -0.1) is 0 Å². The van der Waals surface area contributed by atoms with Crippen LogP contribution in [0.15, 0.2) is 24.3 Å². The Morgan fingerprint density at radius 2 is 1.77 bits per heavy atom. The van der Waals surface area contributed by atoms with Crippen LogP contribution in [0.2, 0.25) is 0 Å². The number of fused-ring (bicyclic) bond motifs is 2. The summed E-state index contributed by atoms with van der Waals surface area (Å²) in [5.74, 6) is 1.07. The molecule has 1 heterocycles. The number of rotatable bonds is 4. The molecule has 0 N–H and O–H groups in total. The first-order chi connectivity index (χ1) is 10.9. The molecule has 1 nitrogen and oxygen atoms in total. The second-order valence-electron chi connectivity index (χ2n) is 8.07. The molecule has 1 saturated heterocycles. The molecule has 0 unspecified atom stereocenters. The summed E-state index contributed by atoms with van der Waals surface area (Å²) in [5, 5.41) is 0. The van der Waals surface area contributed by atoms with Gasteiger partial charge in [0.05, 0.1) is 0 Å². The third-order valence-corrected chi connectivity index (χ3v) is 6.84. The van der Waals surface area contributed by atoms with Gasteiger partial charge in [0.1, 0.15) is 0 Å². The van der Waals surface area contributed by atoms with Gasteiger partial charge in [-0.05, 0) is 80.6 Å². The molecule has 0 amide bonds. The number of nitrogens with zero attached hydrogens (tertiary/aromatic N) is 1. The second-order valence-corrected chi connectivity index (χ2v) is 8.07. The molecule has 2 aliphatic carbocycles.